The van der Waals surface area contributed by atoms with E-state index in [0.29, 0.717) is 17.1 Å². The number of ether oxygens (including phenoxy) is 2. The predicted octanol–water partition coefficient (Wildman–Crippen LogP) is 3.82. The second-order valence-corrected chi connectivity index (χ2v) is 9.02. The lowest BCUT2D eigenvalue weighted by Crippen LogP contribution is -2.38. The van der Waals surface area contributed by atoms with Crippen LogP contribution < -0.4 is 20.1 Å². The van der Waals surface area contributed by atoms with E-state index in [-0.39, 0.29) is 5.91 Å². The third kappa shape index (κ3) is 3.72. The summed E-state index contributed by atoms with van der Waals surface area (Å²) in [5.41, 5.74) is 3.20. The minimum Gasteiger partial charge on any atom is -0.493 e. The highest BCUT2D eigenvalue weighted by molar-refractivity contribution is 7.16. The number of thiophene rings is 1. The third-order valence-electron chi connectivity index (χ3n) is 5.76. The van der Waals surface area contributed by atoms with Gasteiger partial charge in [0.1, 0.15) is 11.2 Å². The molecule has 7 nitrogen and oxygen atoms in total. The Bertz CT molecular complexity index is 1190. The van der Waals surface area contributed by atoms with E-state index < -0.39 is 12.1 Å². The molecule has 1 amide bonds. The highest BCUT2D eigenvalue weighted by Crippen LogP contribution is 2.41. The summed E-state index contributed by atoms with van der Waals surface area (Å²) in [5.74, 6) is 0.215. The number of likely N-dealkylation sites (N-methyl/N-ethyl adjacent to an activating group) is 1. The number of anilines is 1. The first-order chi connectivity index (χ1) is 15.5. The second kappa shape index (κ2) is 8.29. The van der Waals surface area contributed by atoms with Crippen molar-refractivity contribution in [2.45, 2.75) is 19.1 Å². The number of nitrogens with one attached hydrogen (secondary N) is 2. The van der Waals surface area contributed by atoms with Crippen LogP contribution in [0.3, 0.4) is 0 Å². The van der Waals surface area contributed by atoms with Gasteiger partial charge >= 0.3 is 5.97 Å². The number of amides is 1. The number of methoxy groups -OCH3 is 1. The van der Waals surface area contributed by atoms with Crippen molar-refractivity contribution in [1.82, 2.24) is 10.2 Å². The standard InChI is InChI=1S/C24H23N3O4S/c1-27-11-10-16-19(13-27)32-23-20(16)22(28)25-21(26-23)15-8-9-17(18(12-15)30-2)31-24(29)14-6-4-3-5-7-14/h3-9,12,21,26H,10-11,13H2,1-2H3,(H,25,28)/t21-/m0/s1. The molecular formula is C24H23N3O4S. The van der Waals surface area contributed by atoms with E-state index in [2.05, 4.69) is 22.6 Å². The number of esters is 1. The molecule has 0 aliphatic carbocycles. The fourth-order valence-electron chi connectivity index (χ4n) is 4.09. The van der Waals surface area contributed by atoms with Crippen molar-refractivity contribution < 1.29 is 19.1 Å². The number of carbonyl (C=O) groups excluding carboxylic acids is 2. The molecule has 3 heterocycles. The van der Waals surface area contributed by atoms with Crippen LogP contribution in [0.4, 0.5) is 5.00 Å². The Morgan fingerprint density at radius 1 is 1.12 bits per heavy atom. The van der Waals surface area contributed by atoms with Crippen molar-refractivity contribution in [3.8, 4) is 11.5 Å². The van der Waals surface area contributed by atoms with Gasteiger partial charge in [0.2, 0.25) is 0 Å². The molecular weight excluding hydrogens is 426 g/mol. The maximum Gasteiger partial charge on any atom is 0.343 e. The fraction of sp³-hybridized carbons (Fsp3) is 0.250. The maximum absolute atomic E-state index is 12.9. The first kappa shape index (κ1) is 20.5. The molecule has 2 N–H and O–H groups in total. The van der Waals surface area contributed by atoms with E-state index in [1.54, 1.807) is 47.7 Å². The van der Waals surface area contributed by atoms with Gasteiger partial charge in [0.15, 0.2) is 11.5 Å². The van der Waals surface area contributed by atoms with Crippen molar-refractivity contribution in [3.63, 3.8) is 0 Å². The van der Waals surface area contributed by atoms with Crippen LogP contribution in [0.5, 0.6) is 11.5 Å². The molecule has 2 aromatic carbocycles. The Morgan fingerprint density at radius 2 is 1.94 bits per heavy atom. The Kier molecular flexibility index (Phi) is 5.32. The molecule has 0 saturated heterocycles. The number of rotatable bonds is 4. The number of hydrogen-bond donors (Lipinski definition) is 2. The summed E-state index contributed by atoms with van der Waals surface area (Å²) in [7, 11) is 3.62. The molecule has 5 rings (SSSR count). The van der Waals surface area contributed by atoms with E-state index in [0.717, 1.165) is 41.2 Å². The van der Waals surface area contributed by atoms with Crippen LogP contribution in [-0.2, 0) is 13.0 Å². The van der Waals surface area contributed by atoms with E-state index >= 15 is 0 Å². The van der Waals surface area contributed by atoms with Gasteiger partial charge in [-0.2, -0.15) is 0 Å². The molecule has 0 spiro atoms. The minimum absolute atomic E-state index is 0.0654. The van der Waals surface area contributed by atoms with Gasteiger partial charge in [0.25, 0.3) is 5.91 Å². The molecule has 2 aliphatic heterocycles. The van der Waals surface area contributed by atoms with Crippen LogP contribution in [0.25, 0.3) is 0 Å². The van der Waals surface area contributed by atoms with E-state index in [1.807, 2.05) is 12.1 Å². The molecule has 3 aromatic rings. The van der Waals surface area contributed by atoms with Crippen LogP contribution in [0.1, 0.15) is 42.9 Å². The number of hydrogen-bond acceptors (Lipinski definition) is 7. The largest absolute Gasteiger partial charge is 0.493 e. The van der Waals surface area contributed by atoms with E-state index in [9.17, 15) is 9.59 Å². The van der Waals surface area contributed by atoms with Gasteiger partial charge in [-0.25, -0.2) is 4.79 Å². The lowest BCUT2D eigenvalue weighted by molar-refractivity contribution is 0.0729. The first-order valence-corrected chi connectivity index (χ1v) is 11.2. The highest BCUT2D eigenvalue weighted by Gasteiger charge is 2.33. The van der Waals surface area contributed by atoms with Gasteiger partial charge in [0, 0.05) is 18.0 Å². The molecule has 164 valence electrons. The van der Waals surface area contributed by atoms with Crippen LogP contribution in [0, 0.1) is 0 Å². The molecule has 0 saturated carbocycles. The quantitative estimate of drug-likeness (QED) is 0.466. The van der Waals surface area contributed by atoms with Gasteiger partial charge in [-0.05, 0) is 48.9 Å². The molecule has 0 unspecified atom stereocenters. The summed E-state index contributed by atoms with van der Waals surface area (Å²) in [4.78, 5) is 28.9. The van der Waals surface area contributed by atoms with Gasteiger partial charge in [0.05, 0.1) is 18.2 Å². The van der Waals surface area contributed by atoms with Gasteiger partial charge in [-0.15, -0.1) is 11.3 Å². The van der Waals surface area contributed by atoms with Crippen molar-refractivity contribution >= 4 is 28.2 Å². The second-order valence-electron chi connectivity index (χ2n) is 7.91. The molecule has 0 fully saturated rings. The van der Waals surface area contributed by atoms with Crippen molar-refractivity contribution in [2.75, 3.05) is 26.0 Å². The van der Waals surface area contributed by atoms with Crippen molar-refractivity contribution in [3.05, 3.63) is 75.7 Å². The number of benzene rings is 2. The number of carbonyl (C=O) groups is 2. The smallest absolute Gasteiger partial charge is 0.343 e. The summed E-state index contributed by atoms with van der Waals surface area (Å²) in [6.07, 6.45) is 0.479. The molecule has 0 radical (unpaired) electrons. The normalized spacial score (nSPS) is 17.6. The van der Waals surface area contributed by atoms with Crippen LogP contribution in [-0.4, -0.2) is 37.5 Å². The van der Waals surface area contributed by atoms with Crippen LogP contribution in [0.2, 0.25) is 0 Å². The van der Waals surface area contributed by atoms with Gasteiger partial charge in [-0.1, -0.05) is 24.3 Å². The maximum atomic E-state index is 12.9. The zero-order chi connectivity index (χ0) is 22.2. The Balaban J connectivity index is 1.39. The SMILES string of the molecule is COc1cc([C@H]2NC(=O)c3c(sc4c3CCN(C)C4)N2)ccc1OC(=O)c1ccccc1. The summed E-state index contributed by atoms with van der Waals surface area (Å²) in [6.45, 7) is 1.81. The van der Waals surface area contributed by atoms with E-state index in [4.69, 9.17) is 9.47 Å². The zero-order valence-electron chi connectivity index (χ0n) is 17.8. The molecule has 1 atom stereocenters. The van der Waals surface area contributed by atoms with Crippen molar-refractivity contribution in [2.24, 2.45) is 0 Å². The van der Waals surface area contributed by atoms with Crippen LogP contribution >= 0.6 is 11.3 Å². The predicted molar refractivity (Wildman–Crippen MR) is 123 cm³/mol. The Labute approximate surface area is 190 Å². The number of nitrogens with zero attached hydrogens (tertiary/aromatic N) is 1. The lowest BCUT2D eigenvalue weighted by Gasteiger charge is -2.27. The molecule has 2 aliphatic rings. The van der Waals surface area contributed by atoms with E-state index in [1.165, 1.54) is 12.0 Å². The lowest BCUT2D eigenvalue weighted by atomic mass is 10.0. The highest BCUT2D eigenvalue weighted by atomic mass is 32.1. The molecule has 32 heavy (non-hydrogen) atoms. The van der Waals surface area contributed by atoms with Gasteiger partial charge < -0.3 is 25.0 Å². The first-order valence-electron chi connectivity index (χ1n) is 10.4. The summed E-state index contributed by atoms with van der Waals surface area (Å²) in [6, 6.07) is 14.1. The van der Waals surface area contributed by atoms with Crippen molar-refractivity contribution in [1.29, 1.82) is 0 Å². The Morgan fingerprint density at radius 3 is 2.72 bits per heavy atom. The monoisotopic (exact) mass is 449 g/mol. The zero-order valence-corrected chi connectivity index (χ0v) is 18.6. The fourth-order valence-corrected chi connectivity index (χ4v) is 5.44. The Hall–Kier alpha value is -3.36. The summed E-state index contributed by atoms with van der Waals surface area (Å²) < 4.78 is 11.0. The minimum atomic E-state index is -0.459. The van der Waals surface area contributed by atoms with Crippen LogP contribution in [0.15, 0.2) is 48.5 Å². The summed E-state index contributed by atoms with van der Waals surface area (Å²) >= 11 is 1.65. The topological polar surface area (TPSA) is 79.9 Å². The average molecular weight is 450 g/mol. The molecule has 8 heteroatoms. The number of fused-ring (bicyclic) bond motifs is 3. The molecule has 0 bridgehead atoms. The summed E-state index contributed by atoms with van der Waals surface area (Å²) in [5, 5.41) is 7.41. The molecule has 1 aromatic heterocycles. The third-order valence-corrected chi connectivity index (χ3v) is 6.91. The van der Waals surface area contributed by atoms with Gasteiger partial charge in [-0.3, -0.25) is 4.79 Å². The average Bonchev–Trinajstić information content (AvgIpc) is 3.17.